The second kappa shape index (κ2) is 7.85. The van der Waals surface area contributed by atoms with E-state index in [0.717, 1.165) is 21.1 Å². The summed E-state index contributed by atoms with van der Waals surface area (Å²) in [6, 6.07) is 15.3. The summed E-state index contributed by atoms with van der Waals surface area (Å²) in [6.07, 6.45) is 0.380. The number of hydrogen-bond donors (Lipinski definition) is 0. The number of likely N-dealkylation sites (N-methyl/N-ethyl adjacent to an activating group) is 1. The molecule has 0 aliphatic carbocycles. The number of nitrogens with zero attached hydrogens (tertiary/aromatic N) is 3. The molecule has 1 aliphatic rings. The molecule has 2 atom stereocenters. The van der Waals surface area contributed by atoms with Gasteiger partial charge in [0.1, 0.15) is 17.8 Å². The van der Waals surface area contributed by atoms with Gasteiger partial charge in [0.05, 0.1) is 18.1 Å². The molecule has 28 heavy (non-hydrogen) atoms. The van der Waals surface area contributed by atoms with E-state index in [-0.39, 0.29) is 18.1 Å². The maximum absolute atomic E-state index is 12.0. The van der Waals surface area contributed by atoms with Gasteiger partial charge >= 0.3 is 5.97 Å². The summed E-state index contributed by atoms with van der Waals surface area (Å²) < 4.78 is 12.1. The Bertz CT molecular complexity index is 1030. The predicted octanol–water partition coefficient (Wildman–Crippen LogP) is 3.68. The first-order chi connectivity index (χ1) is 13.5. The first kappa shape index (κ1) is 18.8. The molecule has 0 amide bonds. The van der Waals surface area contributed by atoms with Crippen LogP contribution in [-0.2, 0) is 9.53 Å². The van der Waals surface area contributed by atoms with Crippen molar-refractivity contribution in [1.29, 1.82) is 0 Å². The molecule has 144 valence electrons. The predicted molar refractivity (Wildman–Crippen MR) is 110 cm³/mol. The van der Waals surface area contributed by atoms with Gasteiger partial charge in [-0.3, -0.25) is 9.69 Å². The molecule has 3 aromatic rings. The van der Waals surface area contributed by atoms with E-state index in [9.17, 15) is 4.79 Å². The number of aromatic nitrogens is 2. The number of para-hydroxylation sites is 2. The van der Waals surface area contributed by atoms with Crippen LogP contribution in [0.15, 0.2) is 53.0 Å². The van der Waals surface area contributed by atoms with Crippen LogP contribution in [0.2, 0.25) is 0 Å². The van der Waals surface area contributed by atoms with Crippen molar-refractivity contribution in [2.24, 2.45) is 0 Å². The highest BCUT2D eigenvalue weighted by Gasteiger charge is 2.37. The normalized spacial score (nSPS) is 19.7. The molecule has 0 N–H and O–H groups in total. The van der Waals surface area contributed by atoms with Crippen LogP contribution in [0.3, 0.4) is 0 Å². The first-order valence-electron chi connectivity index (χ1n) is 9.02. The minimum absolute atomic E-state index is 0.171. The number of rotatable bonds is 4. The van der Waals surface area contributed by atoms with Gasteiger partial charge in [-0.05, 0) is 31.3 Å². The summed E-state index contributed by atoms with van der Waals surface area (Å²) in [5.41, 5.74) is 3.18. The summed E-state index contributed by atoms with van der Waals surface area (Å²) in [6.45, 7) is 0.617. The van der Waals surface area contributed by atoms with Crippen LogP contribution < -0.4 is 4.74 Å². The molecule has 1 aliphatic heterocycles. The van der Waals surface area contributed by atoms with E-state index in [1.165, 1.54) is 7.11 Å². The molecule has 1 saturated heterocycles. The summed E-state index contributed by atoms with van der Waals surface area (Å²) >= 11 is 3.51. The number of halogens is 1. The molecule has 0 saturated carbocycles. The van der Waals surface area contributed by atoms with Crippen LogP contribution in [0.1, 0.15) is 6.42 Å². The molecule has 2 aromatic carbocycles. The number of methoxy groups -OCH3 is 1. The first-order valence-corrected chi connectivity index (χ1v) is 9.82. The lowest BCUT2D eigenvalue weighted by molar-refractivity contribution is -0.145. The Kier molecular flexibility index (Phi) is 5.28. The Balaban J connectivity index is 1.71. The molecular weight excluding hydrogens is 422 g/mol. The lowest BCUT2D eigenvalue weighted by atomic mass is 10.1. The monoisotopic (exact) mass is 441 g/mol. The van der Waals surface area contributed by atoms with E-state index in [2.05, 4.69) is 15.9 Å². The topological polar surface area (TPSA) is 64.5 Å². The third-order valence-electron chi connectivity index (χ3n) is 4.90. The van der Waals surface area contributed by atoms with Crippen molar-refractivity contribution >= 4 is 32.9 Å². The Hall–Kier alpha value is -2.51. The fraction of sp³-hybridized carbons (Fsp3) is 0.286. The Morgan fingerprint density at radius 1 is 1.14 bits per heavy atom. The molecule has 4 rings (SSSR count). The van der Waals surface area contributed by atoms with Crippen molar-refractivity contribution < 1.29 is 14.3 Å². The van der Waals surface area contributed by atoms with Gasteiger partial charge in [0.2, 0.25) is 5.88 Å². The number of likely N-dealkylation sites (tertiary alicyclic amines) is 1. The van der Waals surface area contributed by atoms with E-state index < -0.39 is 0 Å². The van der Waals surface area contributed by atoms with E-state index in [0.29, 0.717) is 24.5 Å². The number of benzene rings is 2. The molecule has 0 radical (unpaired) electrons. The quantitative estimate of drug-likeness (QED) is 0.575. The van der Waals surface area contributed by atoms with Crippen LogP contribution in [-0.4, -0.2) is 53.7 Å². The standard InChI is InChI=1S/C21H20BrN3O3/c1-25-12-15(11-18(25)21(26)27-2)28-20-19(13-6-5-7-14(22)10-13)23-16-8-3-4-9-17(16)24-20/h3-10,15,18H,11-12H2,1-2H3/t15-,18+/m1/s1. The average molecular weight is 442 g/mol. The van der Waals surface area contributed by atoms with Crippen molar-refractivity contribution in [2.45, 2.75) is 18.6 Å². The van der Waals surface area contributed by atoms with Crippen molar-refractivity contribution in [1.82, 2.24) is 14.9 Å². The van der Waals surface area contributed by atoms with Gasteiger partial charge < -0.3 is 9.47 Å². The van der Waals surface area contributed by atoms with Gasteiger partial charge in [-0.25, -0.2) is 9.97 Å². The maximum Gasteiger partial charge on any atom is 0.323 e. The number of fused-ring (bicyclic) bond motifs is 1. The van der Waals surface area contributed by atoms with E-state index in [1.807, 2.05) is 60.5 Å². The second-order valence-electron chi connectivity index (χ2n) is 6.83. The summed E-state index contributed by atoms with van der Waals surface area (Å²) in [7, 11) is 3.30. The fourth-order valence-electron chi connectivity index (χ4n) is 3.50. The van der Waals surface area contributed by atoms with Crippen molar-refractivity contribution in [3.63, 3.8) is 0 Å². The van der Waals surface area contributed by atoms with E-state index in [4.69, 9.17) is 19.4 Å². The number of ether oxygens (including phenoxy) is 2. The van der Waals surface area contributed by atoms with Crippen LogP contribution in [0.5, 0.6) is 5.88 Å². The minimum Gasteiger partial charge on any atom is -0.471 e. The zero-order valence-corrected chi connectivity index (χ0v) is 17.2. The zero-order chi connectivity index (χ0) is 19.7. The van der Waals surface area contributed by atoms with Gasteiger partial charge in [-0.15, -0.1) is 0 Å². The number of esters is 1. The van der Waals surface area contributed by atoms with Crippen molar-refractivity contribution in [3.8, 4) is 17.1 Å². The third-order valence-corrected chi connectivity index (χ3v) is 5.39. The molecule has 1 aromatic heterocycles. The molecule has 1 fully saturated rings. The molecule has 0 unspecified atom stereocenters. The highest BCUT2D eigenvalue weighted by Crippen LogP contribution is 2.32. The van der Waals surface area contributed by atoms with Crippen LogP contribution in [0.25, 0.3) is 22.3 Å². The summed E-state index contributed by atoms with van der Waals surface area (Å²) in [4.78, 5) is 23.4. The lowest BCUT2D eigenvalue weighted by Gasteiger charge is -2.16. The SMILES string of the molecule is COC(=O)[C@@H]1C[C@@H](Oc2nc3ccccc3nc2-c2cccc(Br)c2)CN1C. The van der Waals surface area contributed by atoms with Gasteiger partial charge in [-0.2, -0.15) is 0 Å². The smallest absolute Gasteiger partial charge is 0.323 e. The zero-order valence-electron chi connectivity index (χ0n) is 15.6. The van der Waals surface area contributed by atoms with Crippen molar-refractivity contribution in [2.75, 3.05) is 20.7 Å². The Morgan fingerprint density at radius 3 is 2.61 bits per heavy atom. The van der Waals surface area contributed by atoms with E-state index in [1.54, 1.807) is 0 Å². The van der Waals surface area contributed by atoms with Crippen LogP contribution >= 0.6 is 15.9 Å². The fourth-order valence-corrected chi connectivity index (χ4v) is 3.90. The number of carbonyl (C=O) groups excluding carboxylic acids is 1. The largest absolute Gasteiger partial charge is 0.471 e. The van der Waals surface area contributed by atoms with Gasteiger partial charge in [0.25, 0.3) is 0 Å². The average Bonchev–Trinajstić information content (AvgIpc) is 3.07. The lowest BCUT2D eigenvalue weighted by Crippen LogP contribution is -2.33. The molecule has 0 spiro atoms. The Morgan fingerprint density at radius 2 is 1.89 bits per heavy atom. The molecule has 2 heterocycles. The second-order valence-corrected chi connectivity index (χ2v) is 7.75. The van der Waals surface area contributed by atoms with Gasteiger partial charge in [0, 0.05) is 23.0 Å². The molecule has 0 bridgehead atoms. The van der Waals surface area contributed by atoms with E-state index >= 15 is 0 Å². The third kappa shape index (κ3) is 3.72. The van der Waals surface area contributed by atoms with Crippen LogP contribution in [0.4, 0.5) is 0 Å². The number of carbonyl (C=O) groups is 1. The van der Waals surface area contributed by atoms with Crippen molar-refractivity contribution in [3.05, 3.63) is 53.0 Å². The molecule has 7 heteroatoms. The molecular formula is C21H20BrN3O3. The van der Waals surface area contributed by atoms with Gasteiger partial charge in [0.15, 0.2) is 0 Å². The highest BCUT2D eigenvalue weighted by molar-refractivity contribution is 9.10. The summed E-state index contributed by atoms with van der Waals surface area (Å²) in [5, 5.41) is 0. The summed E-state index contributed by atoms with van der Waals surface area (Å²) in [5.74, 6) is 0.228. The van der Waals surface area contributed by atoms with Crippen LogP contribution in [0, 0.1) is 0 Å². The molecule has 6 nitrogen and oxygen atoms in total. The van der Waals surface area contributed by atoms with Gasteiger partial charge in [-0.1, -0.05) is 40.2 Å². The maximum atomic E-state index is 12.0. The number of hydrogen-bond acceptors (Lipinski definition) is 6. The Labute approximate surface area is 171 Å². The highest BCUT2D eigenvalue weighted by atomic mass is 79.9. The minimum atomic E-state index is -0.308.